The van der Waals surface area contributed by atoms with Crippen LogP contribution in [0.15, 0.2) is 53.6 Å². The van der Waals surface area contributed by atoms with Gasteiger partial charge in [-0.25, -0.2) is 9.37 Å². The highest BCUT2D eigenvalue weighted by Gasteiger charge is 2.27. The number of aryl methyl sites for hydroxylation is 1. The second-order valence-corrected chi connectivity index (χ2v) is 8.00. The lowest BCUT2D eigenvalue weighted by molar-refractivity contribution is 0.0762. The Morgan fingerprint density at radius 3 is 2.70 bits per heavy atom. The molecule has 1 saturated heterocycles. The summed E-state index contributed by atoms with van der Waals surface area (Å²) < 4.78 is 14.7. The Bertz CT molecular complexity index is 1380. The highest BCUT2D eigenvalue weighted by atomic mass is 19.1. The Balaban J connectivity index is 1.40. The van der Waals surface area contributed by atoms with Crippen molar-refractivity contribution in [3.05, 3.63) is 76.1 Å². The average molecular weight is 447 g/mol. The highest BCUT2D eigenvalue weighted by Crippen LogP contribution is 2.21. The molecule has 168 valence electrons. The van der Waals surface area contributed by atoms with Crippen LogP contribution in [0.25, 0.3) is 16.6 Å². The van der Waals surface area contributed by atoms with Crippen molar-refractivity contribution in [2.75, 3.05) is 31.1 Å². The first-order valence-electron chi connectivity index (χ1n) is 10.7. The van der Waals surface area contributed by atoms with E-state index in [2.05, 4.69) is 20.2 Å². The molecule has 4 aromatic rings. The van der Waals surface area contributed by atoms with Gasteiger partial charge in [0, 0.05) is 26.2 Å². The van der Waals surface area contributed by atoms with Crippen molar-refractivity contribution in [2.24, 2.45) is 0 Å². The molecule has 2 aromatic heterocycles. The number of carbonyl (C=O) groups excluding carboxylic acids is 1. The molecule has 1 aliphatic heterocycles. The van der Waals surface area contributed by atoms with Crippen molar-refractivity contribution in [3.8, 4) is 5.69 Å². The first-order chi connectivity index (χ1) is 16.0. The van der Waals surface area contributed by atoms with Gasteiger partial charge in [0.25, 0.3) is 11.5 Å². The molecule has 0 bridgehead atoms. The molecule has 0 radical (unpaired) electrons. The van der Waals surface area contributed by atoms with E-state index in [0.29, 0.717) is 55.1 Å². The van der Waals surface area contributed by atoms with E-state index < -0.39 is 11.7 Å². The number of nitrogens with one attached hydrogen (secondary N) is 1. The smallest absolute Gasteiger partial charge is 0.260 e. The lowest BCUT2D eigenvalue weighted by Gasteiger charge is -2.23. The molecule has 1 aliphatic rings. The van der Waals surface area contributed by atoms with E-state index in [9.17, 15) is 14.0 Å². The van der Waals surface area contributed by atoms with Gasteiger partial charge in [-0.05, 0) is 37.6 Å². The van der Waals surface area contributed by atoms with Crippen LogP contribution in [0.1, 0.15) is 22.3 Å². The van der Waals surface area contributed by atoms with Gasteiger partial charge in [0.15, 0.2) is 0 Å². The van der Waals surface area contributed by atoms with Crippen LogP contribution in [0, 0.1) is 12.7 Å². The predicted molar refractivity (Wildman–Crippen MR) is 121 cm³/mol. The maximum absolute atomic E-state index is 14.7. The van der Waals surface area contributed by atoms with Gasteiger partial charge in [-0.3, -0.25) is 14.6 Å². The van der Waals surface area contributed by atoms with Crippen LogP contribution in [0.5, 0.6) is 0 Å². The molecule has 9 nitrogen and oxygen atoms in total. The lowest BCUT2D eigenvalue weighted by Crippen LogP contribution is -2.37. The molecule has 1 fully saturated rings. The number of anilines is 1. The van der Waals surface area contributed by atoms with Crippen LogP contribution in [-0.4, -0.2) is 61.9 Å². The topological polar surface area (TPSA) is 100 Å². The van der Waals surface area contributed by atoms with Crippen molar-refractivity contribution in [3.63, 3.8) is 0 Å². The van der Waals surface area contributed by atoms with Gasteiger partial charge in [0.1, 0.15) is 17.1 Å². The summed E-state index contributed by atoms with van der Waals surface area (Å²) in [6.45, 7) is 3.79. The van der Waals surface area contributed by atoms with Crippen molar-refractivity contribution >= 4 is 22.8 Å². The molecule has 5 rings (SSSR count). The summed E-state index contributed by atoms with van der Waals surface area (Å²) in [6, 6.07) is 9.97. The first kappa shape index (κ1) is 20.8. The van der Waals surface area contributed by atoms with E-state index >= 15 is 0 Å². The molecule has 1 N–H and O–H groups in total. The van der Waals surface area contributed by atoms with Gasteiger partial charge in [-0.1, -0.05) is 17.7 Å². The minimum absolute atomic E-state index is 0.0604. The molecule has 2 aromatic carbocycles. The number of nitrogens with zero attached hydrogens (tertiary/aromatic N) is 6. The molecule has 33 heavy (non-hydrogen) atoms. The van der Waals surface area contributed by atoms with Crippen molar-refractivity contribution in [1.29, 1.82) is 0 Å². The van der Waals surface area contributed by atoms with E-state index in [0.717, 1.165) is 5.56 Å². The molecule has 10 heteroatoms. The second-order valence-electron chi connectivity index (χ2n) is 8.00. The number of rotatable bonds is 3. The fourth-order valence-corrected chi connectivity index (χ4v) is 4.11. The van der Waals surface area contributed by atoms with Crippen LogP contribution in [-0.2, 0) is 0 Å². The third kappa shape index (κ3) is 3.95. The van der Waals surface area contributed by atoms with Crippen LogP contribution in [0.2, 0.25) is 0 Å². The number of fused-ring (bicyclic) bond motifs is 1. The number of halogens is 1. The monoisotopic (exact) mass is 447 g/mol. The number of hydrogen-bond acceptors (Lipinski definition) is 6. The maximum atomic E-state index is 14.7. The Kier molecular flexibility index (Phi) is 5.33. The SMILES string of the molecule is Cc1ccc2nc(N3CCCN(C(=O)c4c(F)cccc4-n4nccn4)CC3)[nH]c(=O)c2c1. The Labute approximate surface area is 188 Å². The molecule has 1 amide bonds. The number of hydrogen-bond donors (Lipinski definition) is 1. The normalized spacial score (nSPS) is 14.5. The van der Waals surface area contributed by atoms with Crippen LogP contribution < -0.4 is 10.5 Å². The minimum Gasteiger partial charge on any atom is -0.340 e. The van der Waals surface area contributed by atoms with E-state index in [1.807, 2.05) is 30.0 Å². The molecule has 0 spiro atoms. The fourth-order valence-electron chi connectivity index (χ4n) is 4.11. The predicted octanol–water partition coefficient (Wildman–Crippen LogP) is 2.30. The third-order valence-electron chi connectivity index (χ3n) is 5.77. The first-order valence-corrected chi connectivity index (χ1v) is 10.7. The lowest BCUT2D eigenvalue weighted by atomic mass is 10.1. The standard InChI is InChI=1S/C23H22FN7O2/c1-15-6-7-18-16(14-15)21(32)28-23(27-18)30-11-3-10-29(12-13-30)22(33)20-17(24)4-2-5-19(20)31-25-8-9-26-31/h2,4-9,14H,3,10-13H2,1H3,(H,27,28,32). The highest BCUT2D eigenvalue weighted by molar-refractivity contribution is 5.98. The largest absolute Gasteiger partial charge is 0.340 e. The zero-order valence-electron chi connectivity index (χ0n) is 18.0. The van der Waals surface area contributed by atoms with E-state index in [1.54, 1.807) is 11.0 Å². The molecule has 3 heterocycles. The average Bonchev–Trinajstić information content (AvgIpc) is 3.23. The van der Waals surface area contributed by atoms with Gasteiger partial charge in [-0.2, -0.15) is 15.0 Å². The number of aromatic nitrogens is 5. The number of benzene rings is 2. The number of H-pyrrole nitrogens is 1. The van der Waals surface area contributed by atoms with Gasteiger partial charge in [0.05, 0.1) is 23.3 Å². The van der Waals surface area contributed by atoms with Crippen molar-refractivity contribution in [1.82, 2.24) is 29.9 Å². The van der Waals surface area contributed by atoms with Gasteiger partial charge < -0.3 is 9.80 Å². The molecular formula is C23H22FN7O2. The molecule has 0 unspecified atom stereocenters. The van der Waals surface area contributed by atoms with E-state index in [-0.39, 0.29) is 11.1 Å². The minimum atomic E-state index is -0.619. The Hall–Kier alpha value is -4.08. The molecule has 0 aliphatic carbocycles. The number of amides is 1. The molecule has 0 atom stereocenters. The number of carbonyl (C=O) groups is 1. The summed E-state index contributed by atoms with van der Waals surface area (Å²) in [5.41, 5.74) is 1.65. The quantitative estimate of drug-likeness (QED) is 0.517. The fraction of sp³-hybridized carbons (Fsp3) is 0.261. The van der Waals surface area contributed by atoms with Gasteiger partial charge >= 0.3 is 0 Å². The van der Waals surface area contributed by atoms with Gasteiger partial charge in [0.2, 0.25) is 5.95 Å². The summed E-state index contributed by atoms with van der Waals surface area (Å²) in [7, 11) is 0. The number of aromatic amines is 1. The summed E-state index contributed by atoms with van der Waals surface area (Å²) in [6.07, 6.45) is 3.59. The zero-order chi connectivity index (χ0) is 22.9. The zero-order valence-corrected chi connectivity index (χ0v) is 18.0. The molecular weight excluding hydrogens is 425 g/mol. The summed E-state index contributed by atoms with van der Waals surface area (Å²) >= 11 is 0. The van der Waals surface area contributed by atoms with E-state index in [1.165, 1.54) is 29.3 Å². The summed E-state index contributed by atoms with van der Waals surface area (Å²) in [5, 5.41) is 8.63. The molecule has 0 saturated carbocycles. The summed E-state index contributed by atoms with van der Waals surface area (Å²) in [5.74, 6) is -0.567. The van der Waals surface area contributed by atoms with Crippen molar-refractivity contribution < 1.29 is 9.18 Å². The van der Waals surface area contributed by atoms with Crippen LogP contribution >= 0.6 is 0 Å². The van der Waals surface area contributed by atoms with E-state index in [4.69, 9.17) is 0 Å². The maximum Gasteiger partial charge on any atom is 0.260 e. The van der Waals surface area contributed by atoms with Crippen molar-refractivity contribution in [2.45, 2.75) is 13.3 Å². The third-order valence-corrected chi connectivity index (χ3v) is 5.77. The Morgan fingerprint density at radius 2 is 1.88 bits per heavy atom. The van der Waals surface area contributed by atoms with Crippen LogP contribution in [0.4, 0.5) is 10.3 Å². The van der Waals surface area contributed by atoms with Gasteiger partial charge in [-0.15, -0.1) is 0 Å². The Morgan fingerprint density at radius 1 is 1.06 bits per heavy atom. The van der Waals surface area contributed by atoms with Crippen LogP contribution in [0.3, 0.4) is 0 Å². The summed E-state index contributed by atoms with van der Waals surface area (Å²) in [4.78, 5) is 38.2. The second kappa shape index (κ2) is 8.45.